The quantitative estimate of drug-likeness (QED) is 0.771. The number of carboxylic acid groups (broad SMARTS) is 1. The van der Waals surface area contributed by atoms with Gasteiger partial charge in [-0.3, -0.25) is 9.69 Å². The molecular weight excluding hydrogens is 354 g/mol. The predicted octanol–water partition coefficient (Wildman–Crippen LogP) is 2.96. The number of carbonyl (C=O) groups is 2. The normalized spacial score (nSPS) is 15.1. The fourth-order valence-corrected chi connectivity index (χ4v) is 4.03. The van der Waals surface area contributed by atoms with Gasteiger partial charge in [0.15, 0.2) is 0 Å². The first-order chi connectivity index (χ1) is 13.6. The molecule has 0 unspecified atom stereocenters. The molecule has 2 amide bonds. The lowest BCUT2D eigenvalue weighted by Crippen LogP contribution is -2.50. The van der Waals surface area contributed by atoms with E-state index >= 15 is 0 Å². The van der Waals surface area contributed by atoms with Crippen molar-refractivity contribution in [2.24, 2.45) is 0 Å². The van der Waals surface area contributed by atoms with Crippen LogP contribution < -0.4 is 5.32 Å². The second kappa shape index (κ2) is 9.55. The molecule has 0 aromatic heterocycles. The summed E-state index contributed by atoms with van der Waals surface area (Å²) in [5, 5.41) is 14.5. The number of nitrogens with zero attached hydrogens (tertiary/aromatic N) is 2. The summed E-state index contributed by atoms with van der Waals surface area (Å²) in [6.45, 7) is 4.70. The third-order valence-electron chi connectivity index (χ3n) is 5.56. The molecule has 0 aliphatic carbocycles. The number of likely N-dealkylation sites (tertiary alicyclic amines) is 1. The second-order valence-electron chi connectivity index (χ2n) is 7.30. The molecule has 1 fully saturated rings. The Morgan fingerprint density at radius 1 is 1.14 bits per heavy atom. The molecule has 2 N–H and O–H groups in total. The lowest BCUT2D eigenvalue weighted by Gasteiger charge is -2.37. The number of likely N-dealkylation sites (N-methyl/N-ethyl adjacent to an activating group) is 1. The molecule has 0 atom stereocenters. The average molecular weight is 383 g/mol. The Kier molecular flexibility index (Phi) is 6.87. The zero-order valence-electron chi connectivity index (χ0n) is 16.4. The molecule has 28 heavy (non-hydrogen) atoms. The van der Waals surface area contributed by atoms with E-state index in [-0.39, 0.29) is 18.6 Å². The van der Waals surface area contributed by atoms with Crippen LogP contribution in [0.15, 0.2) is 42.5 Å². The Hall–Kier alpha value is -2.60. The minimum atomic E-state index is -0.796. The molecule has 2 aromatic rings. The molecule has 0 saturated carbocycles. The lowest BCUT2D eigenvalue weighted by molar-refractivity contribution is -0.139. The van der Waals surface area contributed by atoms with Crippen molar-refractivity contribution in [3.63, 3.8) is 0 Å². The van der Waals surface area contributed by atoms with E-state index in [4.69, 9.17) is 5.11 Å². The summed E-state index contributed by atoms with van der Waals surface area (Å²) in [5.41, 5.74) is 1.24. The molecule has 6 nitrogen and oxygen atoms in total. The first-order valence-electron chi connectivity index (χ1n) is 10.0. The van der Waals surface area contributed by atoms with Gasteiger partial charge in [-0.05, 0) is 42.1 Å². The van der Waals surface area contributed by atoms with E-state index in [2.05, 4.69) is 35.6 Å². The first kappa shape index (κ1) is 20.1. The molecule has 0 bridgehead atoms. The Morgan fingerprint density at radius 3 is 2.57 bits per heavy atom. The molecule has 2 aromatic carbocycles. The highest BCUT2D eigenvalue weighted by Gasteiger charge is 2.27. The van der Waals surface area contributed by atoms with E-state index < -0.39 is 5.97 Å². The topological polar surface area (TPSA) is 72.9 Å². The molecule has 0 radical (unpaired) electrons. The van der Waals surface area contributed by atoms with Gasteiger partial charge in [-0.15, -0.1) is 0 Å². The summed E-state index contributed by atoms with van der Waals surface area (Å²) in [5.74, 6) is -0.796. The number of piperidine rings is 1. The standard InChI is InChI=1S/C22H29N3O3/c1-2-24(16-21(26)27)19-11-14-25(15-12-19)22(28)23-13-10-18-8-5-7-17-6-3-4-9-20(17)18/h3-9,19H,2,10-16H2,1H3,(H,23,28)(H,26,27). The molecule has 0 spiro atoms. The number of nitrogens with one attached hydrogen (secondary N) is 1. The van der Waals surface area contributed by atoms with Crippen LogP contribution in [0, 0.1) is 0 Å². The molecule has 3 rings (SSSR count). The maximum Gasteiger partial charge on any atom is 0.317 e. The number of benzene rings is 2. The van der Waals surface area contributed by atoms with Crippen molar-refractivity contribution in [2.45, 2.75) is 32.2 Å². The van der Waals surface area contributed by atoms with Crippen LogP contribution in [-0.2, 0) is 11.2 Å². The number of hydrogen-bond acceptors (Lipinski definition) is 3. The highest BCUT2D eigenvalue weighted by molar-refractivity contribution is 5.85. The predicted molar refractivity (Wildman–Crippen MR) is 111 cm³/mol. The van der Waals surface area contributed by atoms with Crippen molar-refractivity contribution in [1.29, 1.82) is 0 Å². The molecule has 1 saturated heterocycles. The van der Waals surface area contributed by atoms with Gasteiger partial charge in [0.25, 0.3) is 0 Å². The number of urea groups is 1. The molecular formula is C22H29N3O3. The number of carboxylic acids is 1. The fourth-order valence-electron chi connectivity index (χ4n) is 4.03. The van der Waals surface area contributed by atoms with Crippen LogP contribution in [0.25, 0.3) is 10.8 Å². The summed E-state index contributed by atoms with van der Waals surface area (Å²) in [6.07, 6.45) is 2.43. The highest BCUT2D eigenvalue weighted by Crippen LogP contribution is 2.19. The van der Waals surface area contributed by atoms with Crippen molar-refractivity contribution in [3.05, 3.63) is 48.0 Å². The average Bonchev–Trinajstić information content (AvgIpc) is 2.72. The van der Waals surface area contributed by atoms with Crippen LogP contribution >= 0.6 is 0 Å². The van der Waals surface area contributed by atoms with Gasteiger partial charge in [-0.2, -0.15) is 0 Å². The maximum absolute atomic E-state index is 12.5. The third-order valence-corrected chi connectivity index (χ3v) is 5.56. The van der Waals surface area contributed by atoms with E-state index in [9.17, 15) is 9.59 Å². The van der Waals surface area contributed by atoms with Crippen molar-refractivity contribution in [1.82, 2.24) is 15.1 Å². The summed E-state index contributed by atoms with van der Waals surface area (Å²) >= 11 is 0. The summed E-state index contributed by atoms with van der Waals surface area (Å²) < 4.78 is 0. The number of fused-ring (bicyclic) bond motifs is 1. The summed E-state index contributed by atoms with van der Waals surface area (Å²) in [4.78, 5) is 27.3. The van der Waals surface area contributed by atoms with Crippen molar-refractivity contribution in [3.8, 4) is 0 Å². The number of amides is 2. The smallest absolute Gasteiger partial charge is 0.317 e. The first-order valence-corrected chi connectivity index (χ1v) is 10.0. The molecule has 1 aliphatic heterocycles. The highest BCUT2D eigenvalue weighted by atomic mass is 16.4. The van der Waals surface area contributed by atoms with Crippen molar-refractivity contribution >= 4 is 22.8 Å². The molecule has 150 valence electrons. The van der Waals surface area contributed by atoms with Crippen LogP contribution in [0.1, 0.15) is 25.3 Å². The van der Waals surface area contributed by atoms with E-state index in [1.165, 1.54) is 16.3 Å². The SMILES string of the molecule is CCN(CC(=O)O)C1CCN(C(=O)NCCc2cccc3ccccc23)CC1. The summed E-state index contributed by atoms with van der Waals surface area (Å²) in [6, 6.07) is 14.8. The summed E-state index contributed by atoms with van der Waals surface area (Å²) in [7, 11) is 0. The van der Waals surface area contributed by atoms with Gasteiger partial charge in [0.2, 0.25) is 0 Å². The molecule has 1 heterocycles. The van der Waals surface area contributed by atoms with Gasteiger partial charge < -0.3 is 15.3 Å². The Labute approximate surface area is 166 Å². The van der Waals surface area contributed by atoms with E-state index in [0.29, 0.717) is 26.2 Å². The van der Waals surface area contributed by atoms with Crippen molar-refractivity contribution < 1.29 is 14.7 Å². The zero-order valence-corrected chi connectivity index (χ0v) is 16.4. The number of carbonyl (C=O) groups excluding carboxylic acids is 1. The van der Waals surface area contributed by atoms with Gasteiger partial charge in [0, 0.05) is 25.7 Å². The van der Waals surface area contributed by atoms with E-state index in [0.717, 1.165) is 19.3 Å². The molecule has 1 aliphatic rings. The van der Waals surface area contributed by atoms with Crippen LogP contribution in [0.5, 0.6) is 0 Å². The Balaban J connectivity index is 1.46. The van der Waals surface area contributed by atoms with Gasteiger partial charge in [-0.25, -0.2) is 4.79 Å². The lowest BCUT2D eigenvalue weighted by atomic mass is 10.0. The van der Waals surface area contributed by atoms with Crippen LogP contribution in [0.4, 0.5) is 4.79 Å². The molecule has 6 heteroatoms. The van der Waals surface area contributed by atoms with Gasteiger partial charge in [-0.1, -0.05) is 49.4 Å². The zero-order chi connectivity index (χ0) is 19.9. The third kappa shape index (κ3) is 5.01. The Bertz CT molecular complexity index is 810. The number of rotatable bonds is 7. The number of hydrogen-bond donors (Lipinski definition) is 2. The van der Waals surface area contributed by atoms with Crippen molar-refractivity contribution in [2.75, 3.05) is 32.7 Å². The van der Waals surface area contributed by atoms with Gasteiger partial charge >= 0.3 is 12.0 Å². The minimum absolute atomic E-state index is 0.0278. The van der Waals surface area contributed by atoms with Gasteiger partial charge in [0.1, 0.15) is 0 Å². The van der Waals surface area contributed by atoms with E-state index in [1.807, 2.05) is 28.9 Å². The van der Waals surface area contributed by atoms with Gasteiger partial charge in [0.05, 0.1) is 6.54 Å². The largest absolute Gasteiger partial charge is 0.480 e. The van der Waals surface area contributed by atoms with Crippen LogP contribution in [0.2, 0.25) is 0 Å². The maximum atomic E-state index is 12.5. The second-order valence-corrected chi connectivity index (χ2v) is 7.30. The monoisotopic (exact) mass is 383 g/mol. The van der Waals surface area contributed by atoms with Crippen LogP contribution in [-0.4, -0.2) is 65.7 Å². The van der Waals surface area contributed by atoms with E-state index in [1.54, 1.807) is 0 Å². The minimum Gasteiger partial charge on any atom is -0.480 e. The Morgan fingerprint density at radius 2 is 1.86 bits per heavy atom. The number of aliphatic carboxylic acids is 1. The fraction of sp³-hybridized carbons (Fsp3) is 0.455. The van der Waals surface area contributed by atoms with Crippen LogP contribution in [0.3, 0.4) is 0 Å².